The van der Waals surface area contributed by atoms with Crippen LogP contribution in [0.4, 0.5) is 4.79 Å². The maximum absolute atomic E-state index is 13.4. The predicted octanol–water partition coefficient (Wildman–Crippen LogP) is 4.22. The lowest BCUT2D eigenvalue weighted by atomic mass is 9.87. The molecule has 0 saturated heterocycles. The third-order valence-electron chi connectivity index (χ3n) is 5.95. The number of rotatable bonds is 4. The number of hydrogen-bond donors (Lipinski definition) is 1. The Hall–Kier alpha value is -2.54. The molecule has 6 nitrogen and oxygen atoms in total. The zero-order valence-electron chi connectivity index (χ0n) is 16.4. The van der Waals surface area contributed by atoms with Crippen LogP contribution in [-0.2, 0) is 16.8 Å². The fourth-order valence-electron chi connectivity index (χ4n) is 4.62. The number of carbonyl (C=O) groups excluding carboxylic acids is 2. The van der Waals surface area contributed by atoms with Crippen molar-refractivity contribution in [3.8, 4) is 5.75 Å². The Morgan fingerprint density at radius 1 is 1.28 bits per heavy atom. The van der Waals surface area contributed by atoms with E-state index < -0.39 is 11.6 Å². The smallest absolute Gasteiger partial charge is 0.407 e. The SMILES string of the molecule is COC(=O)NC1CCC2(C1)c1ccc(Br)cc1C(=O)N2Cc1cccc(OC)c1. The first-order valence-electron chi connectivity index (χ1n) is 9.56. The standard InChI is InChI=1S/C22H23BrN2O4/c1-28-17-5-3-4-14(10-17)13-25-20(26)18-11-15(23)6-7-19(18)22(25)9-8-16(12-22)24-21(27)29-2/h3-7,10-11,16H,8-9,12-13H2,1-2H3,(H,24,27). The van der Waals surface area contributed by atoms with Gasteiger partial charge in [0.15, 0.2) is 0 Å². The van der Waals surface area contributed by atoms with E-state index in [1.807, 2.05) is 47.4 Å². The number of benzene rings is 2. The van der Waals surface area contributed by atoms with Gasteiger partial charge in [0.2, 0.25) is 0 Å². The summed E-state index contributed by atoms with van der Waals surface area (Å²) in [6.07, 6.45) is 1.79. The number of amides is 2. The lowest BCUT2D eigenvalue weighted by Gasteiger charge is -2.36. The molecule has 152 valence electrons. The van der Waals surface area contributed by atoms with Gasteiger partial charge in [0.25, 0.3) is 5.91 Å². The zero-order chi connectivity index (χ0) is 20.6. The Labute approximate surface area is 178 Å². The Bertz CT molecular complexity index is 964. The van der Waals surface area contributed by atoms with Crippen LogP contribution >= 0.6 is 15.9 Å². The second kappa shape index (κ2) is 7.71. The first kappa shape index (κ1) is 19.8. The number of halogens is 1. The molecule has 2 atom stereocenters. The van der Waals surface area contributed by atoms with Crippen LogP contribution < -0.4 is 10.1 Å². The minimum atomic E-state index is -0.443. The summed E-state index contributed by atoms with van der Waals surface area (Å²) in [5.74, 6) is 0.781. The number of alkyl carbamates (subject to hydrolysis) is 1. The van der Waals surface area contributed by atoms with E-state index in [1.165, 1.54) is 7.11 Å². The van der Waals surface area contributed by atoms with Crippen molar-refractivity contribution in [3.05, 3.63) is 63.6 Å². The molecule has 2 aromatic rings. The van der Waals surface area contributed by atoms with Gasteiger partial charge in [0, 0.05) is 22.6 Å². The summed E-state index contributed by atoms with van der Waals surface area (Å²) in [6.45, 7) is 0.479. The molecule has 1 spiro atoms. The van der Waals surface area contributed by atoms with E-state index in [2.05, 4.69) is 21.2 Å². The first-order valence-corrected chi connectivity index (χ1v) is 10.4. The lowest BCUT2D eigenvalue weighted by Crippen LogP contribution is -2.43. The Kier molecular flexibility index (Phi) is 5.25. The van der Waals surface area contributed by atoms with E-state index in [9.17, 15) is 9.59 Å². The number of hydrogen-bond acceptors (Lipinski definition) is 4. The minimum absolute atomic E-state index is 0.0165. The summed E-state index contributed by atoms with van der Waals surface area (Å²) in [5, 5.41) is 2.91. The highest BCUT2D eigenvalue weighted by Crippen LogP contribution is 2.51. The molecule has 29 heavy (non-hydrogen) atoms. The third kappa shape index (κ3) is 3.48. The molecule has 7 heteroatoms. The van der Waals surface area contributed by atoms with E-state index in [0.717, 1.165) is 39.8 Å². The Morgan fingerprint density at radius 3 is 2.86 bits per heavy atom. The molecule has 1 aliphatic carbocycles. The predicted molar refractivity (Wildman–Crippen MR) is 112 cm³/mol. The molecule has 2 aromatic carbocycles. The van der Waals surface area contributed by atoms with E-state index in [0.29, 0.717) is 13.0 Å². The highest BCUT2D eigenvalue weighted by Gasteiger charge is 2.53. The van der Waals surface area contributed by atoms with Gasteiger partial charge in [-0.15, -0.1) is 0 Å². The Morgan fingerprint density at radius 2 is 2.10 bits per heavy atom. The van der Waals surface area contributed by atoms with Gasteiger partial charge in [-0.05, 0) is 54.7 Å². The van der Waals surface area contributed by atoms with Gasteiger partial charge >= 0.3 is 6.09 Å². The van der Waals surface area contributed by atoms with Crippen molar-refractivity contribution < 1.29 is 19.1 Å². The number of carbonyl (C=O) groups is 2. The summed E-state index contributed by atoms with van der Waals surface area (Å²) in [6, 6.07) is 13.6. The number of nitrogens with zero attached hydrogens (tertiary/aromatic N) is 1. The quantitative estimate of drug-likeness (QED) is 0.744. The van der Waals surface area contributed by atoms with E-state index >= 15 is 0 Å². The van der Waals surface area contributed by atoms with Gasteiger partial charge in [-0.2, -0.15) is 0 Å². The summed E-state index contributed by atoms with van der Waals surface area (Å²) < 4.78 is 11.0. The van der Waals surface area contributed by atoms with Crippen LogP contribution in [0.2, 0.25) is 0 Å². The molecule has 1 saturated carbocycles. The maximum Gasteiger partial charge on any atom is 0.407 e. The number of nitrogens with one attached hydrogen (secondary N) is 1. The minimum Gasteiger partial charge on any atom is -0.497 e. The highest BCUT2D eigenvalue weighted by atomic mass is 79.9. The molecule has 0 bridgehead atoms. The fraction of sp³-hybridized carbons (Fsp3) is 0.364. The summed E-state index contributed by atoms with van der Waals surface area (Å²) in [5.41, 5.74) is 2.32. The molecule has 1 aliphatic heterocycles. The largest absolute Gasteiger partial charge is 0.497 e. The second-order valence-corrected chi connectivity index (χ2v) is 8.46. The number of fused-ring (bicyclic) bond motifs is 2. The summed E-state index contributed by atoms with van der Waals surface area (Å²) >= 11 is 3.49. The van der Waals surface area contributed by atoms with Crippen LogP contribution in [0.1, 0.15) is 40.7 Å². The zero-order valence-corrected chi connectivity index (χ0v) is 18.0. The third-order valence-corrected chi connectivity index (χ3v) is 6.44. The van der Waals surface area contributed by atoms with Gasteiger partial charge in [-0.1, -0.05) is 34.1 Å². The van der Waals surface area contributed by atoms with Crippen LogP contribution in [0.5, 0.6) is 5.75 Å². The van der Waals surface area contributed by atoms with Gasteiger partial charge in [-0.25, -0.2) is 4.79 Å². The first-order chi connectivity index (χ1) is 14.0. The van der Waals surface area contributed by atoms with E-state index in [-0.39, 0.29) is 11.9 Å². The van der Waals surface area contributed by atoms with Gasteiger partial charge < -0.3 is 19.7 Å². The lowest BCUT2D eigenvalue weighted by molar-refractivity contribution is 0.0523. The average molecular weight is 459 g/mol. The molecule has 0 aromatic heterocycles. The molecule has 1 heterocycles. The van der Waals surface area contributed by atoms with Gasteiger partial charge in [0.1, 0.15) is 5.75 Å². The Balaban J connectivity index is 1.71. The topological polar surface area (TPSA) is 67.9 Å². The molecule has 2 unspecified atom stereocenters. The van der Waals surface area contributed by atoms with Crippen LogP contribution in [0.3, 0.4) is 0 Å². The number of methoxy groups -OCH3 is 2. The maximum atomic E-state index is 13.4. The summed E-state index contributed by atoms with van der Waals surface area (Å²) in [4.78, 5) is 27.1. The molecule has 2 aliphatic rings. The molecular formula is C22H23BrN2O4. The molecule has 1 fully saturated rings. The van der Waals surface area contributed by atoms with Crippen LogP contribution in [0.25, 0.3) is 0 Å². The van der Waals surface area contributed by atoms with E-state index in [1.54, 1.807) is 7.11 Å². The molecule has 2 amide bonds. The molecule has 0 radical (unpaired) electrons. The average Bonchev–Trinajstić information content (AvgIpc) is 3.23. The van der Waals surface area contributed by atoms with Crippen molar-refractivity contribution in [2.45, 2.75) is 37.4 Å². The van der Waals surface area contributed by atoms with Crippen LogP contribution in [0.15, 0.2) is 46.9 Å². The van der Waals surface area contributed by atoms with Crippen molar-refractivity contribution in [1.82, 2.24) is 10.2 Å². The van der Waals surface area contributed by atoms with Crippen molar-refractivity contribution in [1.29, 1.82) is 0 Å². The van der Waals surface area contributed by atoms with Crippen molar-refractivity contribution >= 4 is 27.9 Å². The van der Waals surface area contributed by atoms with Crippen molar-refractivity contribution in [2.24, 2.45) is 0 Å². The monoisotopic (exact) mass is 458 g/mol. The molecule has 1 N–H and O–H groups in total. The van der Waals surface area contributed by atoms with Crippen molar-refractivity contribution in [2.75, 3.05) is 14.2 Å². The van der Waals surface area contributed by atoms with E-state index in [4.69, 9.17) is 9.47 Å². The van der Waals surface area contributed by atoms with Crippen LogP contribution in [0, 0.1) is 0 Å². The van der Waals surface area contributed by atoms with Crippen molar-refractivity contribution in [3.63, 3.8) is 0 Å². The fourth-order valence-corrected chi connectivity index (χ4v) is 4.99. The van der Waals surface area contributed by atoms with Gasteiger partial charge in [-0.3, -0.25) is 4.79 Å². The number of ether oxygens (including phenoxy) is 2. The summed E-state index contributed by atoms with van der Waals surface area (Å²) in [7, 11) is 3.00. The molecular weight excluding hydrogens is 436 g/mol. The normalized spacial score (nSPS) is 22.7. The molecule has 4 rings (SSSR count). The van der Waals surface area contributed by atoms with Crippen LogP contribution in [-0.4, -0.2) is 37.2 Å². The highest BCUT2D eigenvalue weighted by molar-refractivity contribution is 9.10. The second-order valence-electron chi connectivity index (χ2n) is 7.54. The van der Waals surface area contributed by atoms with Gasteiger partial charge in [0.05, 0.1) is 19.8 Å².